The highest BCUT2D eigenvalue weighted by Gasteiger charge is 2.15. The highest BCUT2D eigenvalue weighted by molar-refractivity contribution is 7.22. The van der Waals surface area contributed by atoms with E-state index in [1.165, 1.54) is 23.0 Å². The minimum absolute atomic E-state index is 0.0972. The molecule has 1 amide bonds. The zero-order valence-electron chi connectivity index (χ0n) is 14.0. The monoisotopic (exact) mass is 336 g/mol. The summed E-state index contributed by atoms with van der Waals surface area (Å²) in [5, 5.41) is 3.47. The van der Waals surface area contributed by atoms with Gasteiger partial charge in [0.1, 0.15) is 0 Å². The fraction of sp³-hybridized carbons (Fsp3) is 0.200. The molecule has 4 heteroatoms. The maximum Gasteiger partial charge on any atom is 0.250 e. The van der Waals surface area contributed by atoms with Crippen LogP contribution in [-0.2, 0) is 10.2 Å². The molecule has 0 aliphatic rings. The Hall–Kier alpha value is -2.46. The molecule has 2 aromatic carbocycles. The Kier molecular flexibility index (Phi) is 4.49. The summed E-state index contributed by atoms with van der Waals surface area (Å²) in [5.74, 6) is -0.172. The Labute approximate surface area is 146 Å². The second kappa shape index (κ2) is 6.57. The quantitative estimate of drug-likeness (QED) is 0.664. The Morgan fingerprint density at radius 1 is 1.12 bits per heavy atom. The molecular weight excluding hydrogens is 316 g/mol. The average molecular weight is 336 g/mol. The molecule has 0 radical (unpaired) electrons. The highest BCUT2D eigenvalue weighted by Crippen LogP contribution is 2.31. The third-order valence-electron chi connectivity index (χ3n) is 3.71. The minimum Gasteiger partial charge on any atom is -0.298 e. The topological polar surface area (TPSA) is 42.0 Å². The first-order valence-electron chi connectivity index (χ1n) is 7.87. The molecule has 0 spiro atoms. The van der Waals surface area contributed by atoms with Gasteiger partial charge in [0.25, 0.3) is 0 Å². The number of aromatic nitrogens is 1. The molecule has 0 saturated heterocycles. The fourth-order valence-electron chi connectivity index (χ4n) is 2.33. The summed E-state index contributed by atoms with van der Waals surface area (Å²) in [6, 6.07) is 16.0. The highest BCUT2D eigenvalue weighted by atomic mass is 32.1. The summed E-state index contributed by atoms with van der Waals surface area (Å²) in [4.78, 5) is 16.5. The smallest absolute Gasteiger partial charge is 0.250 e. The normalized spacial score (nSPS) is 12.0. The van der Waals surface area contributed by atoms with Crippen LogP contribution in [0.2, 0.25) is 0 Å². The molecule has 0 bridgehead atoms. The number of hydrogen-bond acceptors (Lipinski definition) is 3. The van der Waals surface area contributed by atoms with Gasteiger partial charge in [-0.05, 0) is 34.8 Å². The fourth-order valence-corrected chi connectivity index (χ4v) is 3.24. The van der Waals surface area contributed by atoms with Crippen molar-refractivity contribution in [3.05, 3.63) is 65.7 Å². The molecule has 3 aromatic rings. The molecule has 3 rings (SSSR count). The zero-order valence-corrected chi connectivity index (χ0v) is 14.9. The second-order valence-corrected chi connectivity index (χ2v) is 7.72. The lowest BCUT2D eigenvalue weighted by Gasteiger charge is -2.18. The van der Waals surface area contributed by atoms with E-state index >= 15 is 0 Å². The van der Waals surface area contributed by atoms with Gasteiger partial charge in [-0.15, -0.1) is 0 Å². The standard InChI is InChI=1S/C20H20N2OS/c1-20(2,3)15-10-11-16-17(13-15)24-19(21-16)22-18(23)12-9-14-7-5-4-6-8-14/h4-13H,1-3H3,(H,21,22,23)/b12-9+. The maximum absolute atomic E-state index is 12.1. The number of benzene rings is 2. The maximum atomic E-state index is 12.1. The van der Waals surface area contributed by atoms with E-state index in [-0.39, 0.29) is 11.3 Å². The van der Waals surface area contributed by atoms with E-state index in [0.29, 0.717) is 5.13 Å². The third kappa shape index (κ3) is 3.89. The van der Waals surface area contributed by atoms with Crippen molar-refractivity contribution in [1.82, 2.24) is 4.98 Å². The lowest BCUT2D eigenvalue weighted by Crippen LogP contribution is -2.10. The molecule has 0 atom stereocenters. The minimum atomic E-state index is -0.172. The molecule has 0 aliphatic carbocycles. The van der Waals surface area contributed by atoms with Gasteiger partial charge in [0.2, 0.25) is 5.91 Å². The predicted octanol–water partition coefficient (Wildman–Crippen LogP) is 5.25. The first-order chi connectivity index (χ1) is 11.4. The van der Waals surface area contributed by atoms with Crippen molar-refractivity contribution in [3.8, 4) is 0 Å². The molecule has 0 aliphatic heterocycles. The summed E-state index contributed by atoms with van der Waals surface area (Å²) in [6.45, 7) is 6.56. The van der Waals surface area contributed by atoms with Crippen LogP contribution in [0.3, 0.4) is 0 Å². The van der Waals surface area contributed by atoms with E-state index in [1.54, 1.807) is 6.08 Å². The number of hydrogen-bond donors (Lipinski definition) is 1. The van der Waals surface area contributed by atoms with E-state index < -0.39 is 0 Å². The van der Waals surface area contributed by atoms with Gasteiger partial charge >= 0.3 is 0 Å². The molecule has 1 aromatic heterocycles. The lowest BCUT2D eigenvalue weighted by atomic mass is 9.87. The molecule has 122 valence electrons. The van der Waals surface area contributed by atoms with Crippen LogP contribution in [-0.4, -0.2) is 10.9 Å². The van der Waals surface area contributed by atoms with Crippen molar-refractivity contribution >= 4 is 38.7 Å². The second-order valence-electron chi connectivity index (χ2n) is 6.68. The number of carbonyl (C=O) groups excluding carboxylic acids is 1. The van der Waals surface area contributed by atoms with Crippen LogP contribution in [0.5, 0.6) is 0 Å². The van der Waals surface area contributed by atoms with Crippen molar-refractivity contribution in [2.45, 2.75) is 26.2 Å². The van der Waals surface area contributed by atoms with Crippen LogP contribution < -0.4 is 5.32 Å². The zero-order chi connectivity index (χ0) is 17.2. The van der Waals surface area contributed by atoms with E-state index in [1.807, 2.05) is 36.4 Å². The summed E-state index contributed by atoms with van der Waals surface area (Å²) >= 11 is 1.50. The largest absolute Gasteiger partial charge is 0.298 e. The average Bonchev–Trinajstić information content (AvgIpc) is 2.94. The van der Waals surface area contributed by atoms with Crippen molar-refractivity contribution < 1.29 is 4.79 Å². The third-order valence-corrected chi connectivity index (χ3v) is 4.64. The summed E-state index contributed by atoms with van der Waals surface area (Å²) in [6.07, 6.45) is 3.32. The van der Waals surface area contributed by atoms with E-state index in [4.69, 9.17) is 0 Å². The van der Waals surface area contributed by atoms with Crippen molar-refractivity contribution in [1.29, 1.82) is 0 Å². The van der Waals surface area contributed by atoms with Crippen molar-refractivity contribution in [2.75, 3.05) is 5.32 Å². The Balaban J connectivity index is 1.75. The van der Waals surface area contributed by atoms with Gasteiger partial charge in [0.15, 0.2) is 5.13 Å². The summed E-state index contributed by atoms with van der Waals surface area (Å²) in [5.41, 5.74) is 3.27. The number of anilines is 1. The number of carbonyl (C=O) groups is 1. The van der Waals surface area contributed by atoms with Gasteiger partial charge < -0.3 is 0 Å². The van der Waals surface area contributed by atoms with Crippen LogP contribution in [0, 0.1) is 0 Å². The van der Waals surface area contributed by atoms with Gasteiger partial charge in [0.05, 0.1) is 10.2 Å². The number of nitrogens with one attached hydrogen (secondary N) is 1. The van der Waals surface area contributed by atoms with E-state index in [9.17, 15) is 4.79 Å². The number of amides is 1. The SMILES string of the molecule is CC(C)(C)c1ccc2nc(NC(=O)/C=C/c3ccccc3)sc2c1. The molecule has 1 N–H and O–H groups in total. The molecule has 0 saturated carbocycles. The van der Waals surface area contributed by atoms with E-state index in [2.05, 4.69) is 43.2 Å². The Bertz CT molecular complexity index is 889. The molecular formula is C20H20N2OS. The summed E-state index contributed by atoms with van der Waals surface area (Å²) in [7, 11) is 0. The van der Waals surface area contributed by atoms with Crippen LogP contribution in [0.1, 0.15) is 31.9 Å². The number of fused-ring (bicyclic) bond motifs is 1. The van der Waals surface area contributed by atoms with Crippen LogP contribution >= 0.6 is 11.3 Å². The Morgan fingerprint density at radius 3 is 2.58 bits per heavy atom. The number of thiazole rings is 1. The molecule has 0 unspecified atom stereocenters. The predicted molar refractivity (Wildman–Crippen MR) is 102 cm³/mol. The molecule has 24 heavy (non-hydrogen) atoms. The molecule has 1 heterocycles. The van der Waals surface area contributed by atoms with Crippen LogP contribution in [0.25, 0.3) is 16.3 Å². The van der Waals surface area contributed by atoms with Gasteiger partial charge in [0, 0.05) is 6.08 Å². The van der Waals surface area contributed by atoms with Gasteiger partial charge in [-0.2, -0.15) is 0 Å². The van der Waals surface area contributed by atoms with E-state index in [0.717, 1.165) is 15.8 Å². The molecule has 3 nitrogen and oxygen atoms in total. The van der Waals surface area contributed by atoms with Gasteiger partial charge in [-0.1, -0.05) is 68.5 Å². The van der Waals surface area contributed by atoms with Crippen molar-refractivity contribution in [2.24, 2.45) is 0 Å². The first kappa shape index (κ1) is 16.4. The van der Waals surface area contributed by atoms with Crippen molar-refractivity contribution in [3.63, 3.8) is 0 Å². The van der Waals surface area contributed by atoms with Gasteiger partial charge in [-0.25, -0.2) is 4.98 Å². The number of nitrogens with zero attached hydrogens (tertiary/aromatic N) is 1. The first-order valence-corrected chi connectivity index (χ1v) is 8.69. The van der Waals surface area contributed by atoms with Crippen LogP contribution in [0.4, 0.5) is 5.13 Å². The Morgan fingerprint density at radius 2 is 1.88 bits per heavy atom. The van der Waals surface area contributed by atoms with Crippen LogP contribution in [0.15, 0.2) is 54.6 Å². The van der Waals surface area contributed by atoms with Gasteiger partial charge in [-0.3, -0.25) is 10.1 Å². The number of rotatable bonds is 3. The lowest BCUT2D eigenvalue weighted by molar-refractivity contribution is -0.111. The summed E-state index contributed by atoms with van der Waals surface area (Å²) < 4.78 is 1.09. The molecule has 0 fully saturated rings.